The number of likely N-dealkylation sites (tertiary alicyclic amines) is 2. The molecular weight excluding hydrogens is 370 g/mol. The fourth-order valence-corrected chi connectivity index (χ4v) is 4.51. The van der Waals surface area contributed by atoms with Gasteiger partial charge < -0.3 is 19.1 Å². The number of carbonyl (C=O) groups is 1. The van der Waals surface area contributed by atoms with Gasteiger partial charge in [-0.15, -0.1) is 0 Å². The van der Waals surface area contributed by atoms with Gasteiger partial charge in [0.15, 0.2) is 5.82 Å². The number of rotatable bonds is 5. The Morgan fingerprint density at radius 1 is 1.18 bits per heavy atom. The van der Waals surface area contributed by atoms with Crippen LogP contribution in [0.2, 0.25) is 0 Å². The monoisotopic (exact) mass is 398 g/mol. The van der Waals surface area contributed by atoms with E-state index in [0.29, 0.717) is 50.7 Å². The summed E-state index contributed by atoms with van der Waals surface area (Å²) in [5, 5.41) is 3.73. The first-order valence-electron chi connectivity index (χ1n) is 10.2. The Balaban J connectivity index is 1.15. The van der Waals surface area contributed by atoms with E-state index in [-0.39, 0.29) is 30.5 Å². The topological polar surface area (TPSA) is 71.7 Å². The van der Waals surface area contributed by atoms with Crippen molar-refractivity contribution in [3.63, 3.8) is 0 Å². The fourth-order valence-electron chi connectivity index (χ4n) is 4.51. The summed E-state index contributed by atoms with van der Waals surface area (Å²) >= 11 is 0. The summed E-state index contributed by atoms with van der Waals surface area (Å²) < 4.78 is 37.7. The van der Waals surface area contributed by atoms with Crippen LogP contribution in [-0.2, 0) is 16.0 Å². The van der Waals surface area contributed by atoms with Crippen LogP contribution in [0.3, 0.4) is 0 Å². The number of halogens is 2. The summed E-state index contributed by atoms with van der Waals surface area (Å²) in [5.74, 6) is -1.31. The molecule has 7 nitrogen and oxygen atoms in total. The third kappa shape index (κ3) is 4.51. The average Bonchev–Trinajstić information content (AvgIpc) is 3.06. The highest BCUT2D eigenvalue weighted by Gasteiger charge is 2.48. The largest absolute Gasteiger partial charge is 0.370 e. The summed E-state index contributed by atoms with van der Waals surface area (Å²) in [5.41, 5.74) is -0.120. The number of ether oxygens (including phenoxy) is 1. The summed E-state index contributed by atoms with van der Waals surface area (Å²) in [6.07, 6.45) is 3.51. The number of nitrogens with zero attached hydrogens (tertiary/aromatic N) is 4. The molecule has 4 heterocycles. The first-order valence-corrected chi connectivity index (χ1v) is 10.2. The van der Waals surface area contributed by atoms with Gasteiger partial charge in [0.05, 0.1) is 11.7 Å². The van der Waals surface area contributed by atoms with E-state index in [2.05, 4.69) is 15.0 Å². The van der Waals surface area contributed by atoms with Crippen LogP contribution >= 0.6 is 0 Å². The molecule has 3 aliphatic rings. The third-order valence-electron chi connectivity index (χ3n) is 6.22. The number of carbonyl (C=O) groups excluding carboxylic acids is 1. The van der Waals surface area contributed by atoms with Crippen molar-refractivity contribution in [2.24, 2.45) is 0 Å². The predicted octanol–water partition coefficient (Wildman–Crippen LogP) is 2.19. The lowest BCUT2D eigenvalue weighted by atomic mass is 9.80. The minimum atomic E-state index is -2.50. The van der Waals surface area contributed by atoms with Gasteiger partial charge in [0.2, 0.25) is 11.8 Å². The standard InChI is InChI=1S/C19H28F2N4O3/c1-14-22-16(28-23-14)2-3-17(26)25-10-4-18(5-11-25)12-15(27-18)13-24-8-6-19(20,21)7-9-24/h15H,2-13H2,1H3. The van der Waals surface area contributed by atoms with Crippen molar-refractivity contribution in [2.45, 2.75) is 69.5 Å². The smallest absolute Gasteiger partial charge is 0.250 e. The van der Waals surface area contributed by atoms with E-state index in [1.165, 1.54) is 0 Å². The number of piperidine rings is 2. The van der Waals surface area contributed by atoms with Crippen molar-refractivity contribution in [3.05, 3.63) is 11.7 Å². The fraction of sp³-hybridized carbons (Fsp3) is 0.842. The van der Waals surface area contributed by atoms with Gasteiger partial charge in [-0.1, -0.05) is 5.16 Å². The van der Waals surface area contributed by atoms with E-state index >= 15 is 0 Å². The average molecular weight is 398 g/mol. The summed E-state index contributed by atoms with van der Waals surface area (Å²) in [4.78, 5) is 20.5. The second-order valence-corrected chi connectivity index (χ2v) is 8.40. The molecule has 3 saturated heterocycles. The number of amides is 1. The van der Waals surface area contributed by atoms with Crippen LogP contribution in [0.25, 0.3) is 0 Å². The van der Waals surface area contributed by atoms with Crippen LogP contribution in [0, 0.1) is 6.92 Å². The third-order valence-corrected chi connectivity index (χ3v) is 6.22. The molecule has 0 bridgehead atoms. The van der Waals surface area contributed by atoms with Gasteiger partial charge in [0.1, 0.15) is 0 Å². The Bertz CT molecular complexity index is 685. The Kier molecular flexibility index (Phi) is 5.39. The lowest BCUT2D eigenvalue weighted by Crippen LogP contribution is -2.60. The van der Waals surface area contributed by atoms with Crippen molar-refractivity contribution < 1.29 is 22.8 Å². The van der Waals surface area contributed by atoms with Crippen molar-refractivity contribution in [2.75, 3.05) is 32.7 Å². The zero-order valence-electron chi connectivity index (χ0n) is 16.3. The normalized spacial score (nSPS) is 27.0. The quantitative estimate of drug-likeness (QED) is 0.757. The maximum Gasteiger partial charge on any atom is 0.250 e. The summed E-state index contributed by atoms with van der Waals surface area (Å²) in [6, 6.07) is 0. The molecule has 1 aromatic rings. The van der Waals surface area contributed by atoms with Gasteiger partial charge in [-0.05, 0) is 19.8 Å². The Hall–Kier alpha value is -1.61. The molecule has 1 amide bonds. The van der Waals surface area contributed by atoms with E-state index in [1.54, 1.807) is 6.92 Å². The van der Waals surface area contributed by atoms with Gasteiger partial charge in [-0.2, -0.15) is 4.98 Å². The minimum absolute atomic E-state index is 0.0505. The molecule has 1 spiro atoms. The first-order chi connectivity index (χ1) is 13.3. The van der Waals surface area contributed by atoms with E-state index in [1.807, 2.05) is 4.90 Å². The highest BCUT2D eigenvalue weighted by Crippen LogP contribution is 2.42. The van der Waals surface area contributed by atoms with Gasteiger partial charge in [-0.25, -0.2) is 8.78 Å². The molecule has 28 heavy (non-hydrogen) atoms. The SMILES string of the molecule is Cc1noc(CCC(=O)N2CCC3(CC2)CC(CN2CCC(F)(F)CC2)O3)n1. The minimum Gasteiger partial charge on any atom is -0.370 e. The van der Waals surface area contributed by atoms with Crippen LogP contribution < -0.4 is 0 Å². The number of hydrogen-bond acceptors (Lipinski definition) is 6. The Morgan fingerprint density at radius 2 is 1.86 bits per heavy atom. The molecule has 0 aromatic carbocycles. The highest BCUT2D eigenvalue weighted by molar-refractivity contribution is 5.76. The zero-order valence-corrected chi connectivity index (χ0v) is 16.3. The number of hydrogen-bond donors (Lipinski definition) is 0. The van der Waals surface area contributed by atoms with Crippen molar-refractivity contribution >= 4 is 5.91 Å². The molecule has 3 aliphatic heterocycles. The maximum atomic E-state index is 13.2. The van der Waals surface area contributed by atoms with Gasteiger partial charge in [-0.3, -0.25) is 4.79 Å². The molecule has 3 fully saturated rings. The number of alkyl halides is 2. The number of aromatic nitrogens is 2. The highest BCUT2D eigenvalue weighted by atomic mass is 19.3. The van der Waals surface area contributed by atoms with E-state index in [4.69, 9.17) is 9.26 Å². The second-order valence-electron chi connectivity index (χ2n) is 8.40. The molecule has 0 radical (unpaired) electrons. The predicted molar refractivity (Wildman–Crippen MR) is 96.0 cm³/mol. The van der Waals surface area contributed by atoms with Crippen LogP contribution in [0.1, 0.15) is 50.2 Å². The van der Waals surface area contributed by atoms with E-state index in [0.717, 1.165) is 25.8 Å². The molecule has 1 aromatic heterocycles. The van der Waals surface area contributed by atoms with E-state index in [9.17, 15) is 13.6 Å². The lowest BCUT2D eigenvalue weighted by molar-refractivity contribution is -0.231. The summed E-state index contributed by atoms with van der Waals surface area (Å²) in [7, 11) is 0. The van der Waals surface area contributed by atoms with E-state index < -0.39 is 5.92 Å². The second kappa shape index (κ2) is 7.67. The maximum absolute atomic E-state index is 13.2. The van der Waals surface area contributed by atoms with Crippen molar-refractivity contribution in [1.29, 1.82) is 0 Å². The van der Waals surface area contributed by atoms with Crippen LogP contribution in [0.15, 0.2) is 4.52 Å². The Labute approximate surface area is 163 Å². The van der Waals surface area contributed by atoms with Crippen molar-refractivity contribution in [3.8, 4) is 0 Å². The molecule has 0 N–H and O–H groups in total. The van der Waals surface area contributed by atoms with Crippen LogP contribution in [-0.4, -0.2) is 76.2 Å². The number of aryl methyl sites for hydroxylation is 2. The molecule has 0 saturated carbocycles. The zero-order chi connectivity index (χ0) is 19.8. The van der Waals surface area contributed by atoms with Crippen LogP contribution in [0.5, 0.6) is 0 Å². The van der Waals surface area contributed by atoms with Crippen molar-refractivity contribution in [1.82, 2.24) is 19.9 Å². The lowest BCUT2D eigenvalue weighted by Gasteiger charge is -2.53. The van der Waals surface area contributed by atoms with Gasteiger partial charge in [0.25, 0.3) is 5.92 Å². The molecular formula is C19H28F2N4O3. The molecule has 4 rings (SSSR count). The molecule has 0 aliphatic carbocycles. The summed E-state index contributed by atoms with van der Waals surface area (Å²) in [6.45, 7) is 4.79. The molecule has 156 valence electrons. The van der Waals surface area contributed by atoms with Gasteiger partial charge in [0, 0.05) is 64.8 Å². The van der Waals surface area contributed by atoms with Gasteiger partial charge >= 0.3 is 0 Å². The van der Waals surface area contributed by atoms with Crippen LogP contribution in [0.4, 0.5) is 8.78 Å². The molecule has 9 heteroatoms. The first kappa shape index (κ1) is 19.7. The molecule has 1 atom stereocenters. The molecule has 1 unspecified atom stereocenters. The Morgan fingerprint density at radius 3 is 2.46 bits per heavy atom.